The average Bonchev–Trinajstić information content (AvgIpc) is 3.12. The molecule has 1 atom stereocenters. The van der Waals surface area contributed by atoms with E-state index in [1.165, 1.54) is 24.8 Å². The minimum absolute atomic E-state index is 0.427. The van der Waals surface area contributed by atoms with Gasteiger partial charge in [0, 0.05) is 6.04 Å². The summed E-state index contributed by atoms with van der Waals surface area (Å²) < 4.78 is 5.18. The topological polar surface area (TPSA) is 21.3 Å². The summed E-state index contributed by atoms with van der Waals surface area (Å²) in [7, 11) is 1.65. The van der Waals surface area contributed by atoms with Crippen molar-refractivity contribution in [2.45, 2.75) is 32.2 Å². The lowest BCUT2D eigenvalue weighted by molar-refractivity contribution is 0.414. The van der Waals surface area contributed by atoms with Gasteiger partial charge in [-0.05, 0) is 36.6 Å². The van der Waals surface area contributed by atoms with E-state index in [-0.39, 0.29) is 0 Å². The van der Waals surface area contributed by atoms with Crippen LogP contribution in [-0.2, 0) is 0 Å². The van der Waals surface area contributed by atoms with Crippen LogP contribution >= 0.6 is 11.6 Å². The van der Waals surface area contributed by atoms with Gasteiger partial charge in [-0.25, -0.2) is 0 Å². The largest absolute Gasteiger partial charge is 0.495 e. The van der Waals surface area contributed by atoms with Crippen molar-refractivity contribution in [3.8, 4) is 5.75 Å². The van der Waals surface area contributed by atoms with E-state index in [9.17, 15) is 0 Å². The number of hydrogen-bond acceptors (Lipinski definition) is 2. The SMILES string of the molecule is CCNC(CC1CC1)c1ccc(OC)c(Cl)c1. The van der Waals surface area contributed by atoms with Crippen molar-refractivity contribution in [2.75, 3.05) is 13.7 Å². The van der Waals surface area contributed by atoms with Crippen molar-refractivity contribution in [3.63, 3.8) is 0 Å². The maximum Gasteiger partial charge on any atom is 0.137 e. The molecule has 0 radical (unpaired) electrons. The summed E-state index contributed by atoms with van der Waals surface area (Å²) in [5.74, 6) is 1.65. The molecule has 1 aromatic carbocycles. The lowest BCUT2D eigenvalue weighted by Gasteiger charge is -2.19. The van der Waals surface area contributed by atoms with Crippen molar-refractivity contribution in [1.29, 1.82) is 0 Å². The minimum atomic E-state index is 0.427. The predicted molar refractivity (Wildman–Crippen MR) is 71.8 cm³/mol. The van der Waals surface area contributed by atoms with Crippen LogP contribution in [0.1, 0.15) is 37.8 Å². The van der Waals surface area contributed by atoms with Gasteiger partial charge in [0.05, 0.1) is 12.1 Å². The van der Waals surface area contributed by atoms with Crippen LogP contribution in [0, 0.1) is 5.92 Å². The Morgan fingerprint density at radius 1 is 1.47 bits per heavy atom. The van der Waals surface area contributed by atoms with Gasteiger partial charge < -0.3 is 10.1 Å². The van der Waals surface area contributed by atoms with E-state index in [0.717, 1.165) is 18.2 Å². The fraction of sp³-hybridized carbons (Fsp3) is 0.571. The Balaban J connectivity index is 2.13. The Morgan fingerprint density at radius 3 is 2.76 bits per heavy atom. The van der Waals surface area contributed by atoms with Crippen LogP contribution < -0.4 is 10.1 Å². The molecule has 1 saturated carbocycles. The zero-order valence-electron chi connectivity index (χ0n) is 10.5. The van der Waals surface area contributed by atoms with Crippen LogP contribution in [-0.4, -0.2) is 13.7 Å². The summed E-state index contributed by atoms with van der Waals surface area (Å²) >= 11 is 6.17. The van der Waals surface area contributed by atoms with Crippen molar-refractivity contribution in [1.82, 2.24) is 5.32 Å². The average molecular weight is 254 g/mol. The molecule has 1 aromatic rings. The van der Waals surface area contributed by atoms with E-state index in [0.29, 0.717) is 11.1 Å². The highest BCUT2D eigenvalue weighted by Gasteiger charge is 2.26. The zero-order valence-corrected chi connectivity index (χ0v) is 11.3. The molecule has 0 spiro atoms. The summed E-state index contributed by atoms with van der Waals surface area (Å²) in [6, 6.07) is 6.52. The highest BCUT2D eigenvalue weighted by atomic mass is 35.5. The highest BCUT2D eigenvalue weighted by Crippen LogP contribution is 2.38. The maximum absolute atomic E-state index is 6.17. The number of halogens is 1. The van der Waals surface area contributed by atoms with E-state index in [4.69, 9.17) is 16.3 Å². The molecule has 0 aromatic heterocycles. The van der Waals surface area contributed by atoms with E-state index in [2.05, 4.69) is 18.3 Å². The van der Waals surface area contributed by atoms with Crippen molar-refractivity contribution in [3.05, 3.63) is 28.8 Å². The Labute approximate surface area is 108 Å². The van der Waals surface area contributed by atoms with Crippen molar-refractivity contribution < 1.29 is 4.74 Å². The molecule has 0 heterocycles. The molecule has 0 bridgehead atoms. The van der Waals surface area contributed by atoms with Gasteiger partial charge in [-0.15, -0.1) is 0 Å². The molecule has 1 fully saturated rings. The van der Waals surface area contributed by atoms with Gasteiger partial charge in [-0.3, -0.25) is 0 Å². The quantitative estimate of drug-likeness (QED) is 0.833. The lowest BCUT2D eigenvalue weighted by Crippen LogP contribution is -2.21. The third kappa shape index (κ3) is 3.36. The molecule has 3 heteroatoms. The number of benzene rings is 1. The van der Waals surface area contributed by atoms with Gasteiger partial charge in [0.2, 0.25) is 0 Å². The Kier molecular flexibility index (Phi) is 4.30. The fourth-order valence-corrected chi connectivity index (χ4v) is 2.44. The van der Waals surface area contributed by atoms with Crippen LogP contribution in [0.4, 0.5) is 0 Å². The third-order valence-corrected chi connectivity index (χ3v) is 3.59. The Hall–Kier alpha value is -0.730. The molecule has 1 N–H and O–H groups in total. The number of methoxy groups -OCH3 is 1. The first kappa shape index (κ1) is 12.7. The molecular weight excluding hydrogens is 234 g/mol. The summed E-state index contributed by atoms with van der Waals surface area (Å²) in [4.78, 5) is 0. The first-order valence-electron chi connectivity index (χ1n) is 6.31. The first-order valence-corrected chi connectivity index (χ1v) is 6.69. The van der Waals surface area contributed by atoms with E-state index in [1.807, 2.05) is 12.1 Å². The molecule has 0 aliphatic heterocycles. The van der Waals surface area contributed by atoms with Crippen LogP contribution in [0.15, 0.2) is 18.2 Å². The fourth-order valence-electron chi connectivity index (χ4n) is 2.17. The minimum Gasteiger partial charge on any atom is -0.495 e. The monoisotopic (exact) mass is 253 g/mol. The Morgan fingerprint density at radius 2 is 2.24 bits per heavy atom. The molecule has 1 unspecified atom stereocenters. The molecular formula is C14H20ClNO. The van der Waals surface area contributed by atoms with Crippen LogP contribution in [0.25, 0.3) is 0 Å². The summed E-state index contributed by atoms with van der Waals surface area (Å²) in [5, 5.41) is 4.23. The Bertz CT molecular complexity index is 376. The van der Waals surface area contributed by atoms with E-state index in [1.54, 1.807) is 7.11 Å². The standard InChI is InChI=1S/C14H20ClNO/c1-3-16-13(8-10-4-5-10)11-6-7-14(17-2)12(15)9-11/h6-7,9-10,13,16H,3-5,8H2,1-2H3. The highest BCUT2D eigenvalue weighted by molar-refractivity contribution is 6.32. The number of nitrogens with one attached hydrogen (secondary N) is 1. The van der Waals surface area contributed by atoms with Gasteiger partial charge in [0.25, 0.3) is 0 Å². The maximum atomic E-state index is 6.17. The van der Waals surface area contributed by atoms with Gasteiger partial charge >= 0.3 is 0 Å². The van der Waals surface area contributed by atoms with Crippen molar-refractivity contribution >= 4 is 11.6 Å². The molecule has 1 aliphatic carbocycles. The molecule has 2 rings (SSSR count). The smallest absolute Gasteiger partial charge is 0.137 e. The van der Waals surface area contributed by atoms with E-state index < -0.39 is 0 Å². The number of ether oxygens (including phenoxy) is 1. The molecule has 0 saturated heterocycles. The molecule has 0 amide bonds. The van der Waals surface area contributed by atoms with Gasteiger partial charge in [-0.2, -0.15) is 0 Å². The van der Waals surface area contributed by atoms with Gasteiger partial charge in [0.1, 0.15) is 5.75 Å². The number of hydrogen-bond donors (Lipinski definition) is 1. The second kappa shape index (κ2) is 5.74. The van der Waals surface area contributed by atoms with E-state index >= 15 is 0 Å². The van der Waals surface area contributed by atoms with Gasteiger partial charge in [-0.1, -0.05) is 37.4 Å². The van der Waals surface area contributed by atoms with Crippen LogP contribution in [0.3, 0.4) is 0 Å². The third-order valence-electron chi connectivity index (χ3n) is 3.29. The second-order valence-corrected chi connectivity index (χ2v) is 5.09. The van der Waals surface area contributed by atoms with Crippen molar-refractivity contribution in [2.24, 2.45) is 5.92 Å². The normalized spacial score (nSPS) is 16.9. The lowest BCUT2D eigenvalue weighted by atomic mass is 10.0. The zero-order chi connectivity index (χ0) is 12.3. The molecule has 2 nitrogen and oxygen atoms in total. The molecule has 94 valence electrons. The van der Waals surface area contributed by atoms with Crippen LogP contribution in [0.2, 0.25) is 5.02 Å². The summed E-state index contributed by atoms with van der Waals surface area (Å²) in [6.45, 7) is 3.13. The summed E-state index contributed by atoms with van der Waals surface area (Å²) in [6.07, 6.45) is 3.98. The van der Waals surface area contributed by atoms with Gasteiger partial charge in [0.15, 0.2) is 0 Å². The molecule has 17 heavy (non-hydrogen) atoms. The predicted octanol–water partition coefficient (Wildman–Crippen LogP) is 3.80. The summed E-state index contributed by atoms with van der Waals surface area (Å²) in [5.41, 5.74) is 1.27. The molecule has 1 aliphatic rings. The number of rotatable bonds is 6. The first-order chi connectivity index (χ1) is 8.24. The second-order valence-electron chi connectivity index (χ2n) is 4.68. The van der Waals surface area contributed by atoms with Crippen LogP contribution in [0.5, 0.6) is 5.75 Å².